The highest BCUT2D eigenvalue weighted by Gasteiger charge is 2.46. The Morgan fingerprint density at radius 2 is 2.03 bits per heavy atom. The van der Waals surface area contributed by atoms with Gasteiger partial charge in [-0.1, -0.05) is 0 Å². The Labute approximate surface area is 188 Å². The maximum atomic E-state index is 12.9. The van der Waals surface area contributed by atoms with Gasteiger partial charge in [0.1, 0.15) is 18.4 Å². The number of hydrogen-bond donors (Lipinski definition) is 3. The number of carbonyl (C=O) groups excluding carboxylic acids is 2. The van der Waals surface area contributed by atoms with Crippen LogP contribution in [-0.2, 0) is 19.1 Å². The molecule has 0 aliphatic carbocycles. The molecule has 3 N–H and O–H groups in total. The molecule has 4 atom stereocenters. The van der Waals surface area contributed by atoms with E-state index < -0.39 is 49.3 Å². The zero-order chi connectivity index (χ0) is 23.6. The fraction of sp³-hybridized carbons (Fsp3) is 0.636. The third-order valence-electron chi connectivity index (χ3n) is 6.24. The summed E-state index contributed by atoms with van der Waals surface area (Å²) < 4.78 is 54.7. The van der Waals surface area contributed by atoms with Crippen LogP contribution in [0.1, 0.15) is 37.2 Å². The van der Waals surface area contributed by atoms with Crippen molar-refractivity contribution in [3.63, 3.8) is 0 Å². The maximum Gasteiger partial charge on any atom is 0.405 e. The lowest BCUT2D eigenvalue weighted by Gasteiger charge is -2.40. The zero-order valence-corrected chi connectivity index (χ0v) is 17.9. The number of halogens is 3. The second kappa shape index (κ2) is 9.86. The van der Waals surface area contributed by atoms with Gasteiger partial charge in [-0.15, -0.1) is 0 Å². The minimum Gasteiger partial charge on any atom is -0.490 e. The molecule has 2 amide bonds. The molecular formula is C22H27F3N2O6. The quantitative estimate of drug-likeness (QED) is 0.586. The molecule has 0 saturated carbocycles. The van der Waals surface area contributed by atoms with Crippen molar-refractivity contribution in [2.45, 2.75) is 56.1 Å². The van der Waals surface area contributed by atoms with E-state index >= 15 is 0 Å². The van der Waals surface area contributed by atoms with Gasteiger partial charge in [0.2, 0.25) is 11.8 Å². The van der Waals surface area contributed by atoms with Crippen LogP contribution in [0.3, 0.4) is 0 Å². The SMILES string of the molecule is O=C(C[C@@H]1C[C@H]2c3cc(ccc3OC3CCOCC3)NC(=O)[C@H]2[C@H](CO)O1)NCC(F)(F)F. The van der Waals surface area contributed by atoms with Crippen molar-refractivity contribution in [1.29, 1.82) is 0 Å². The monoisotopic (exact) mass is 472 g/mol. The Morgan fingerprint density at radius 3 is 2.73 bits per heavy atom. The van der Waals surface area contributed by atoms with Crippen LogP contribution in [0.5, 0.6) is 5.75 Å². The first kappa shape index (κ1) is 23.8. The van der Waals surface area contributed by atoms with E-state index in [1.54, 1.807) is 12.1 Å². The number of ether oxygens (including phenoxy) is 3. The zero-order valence-electron chi connectivity index (χ0n) is 17.9. The standard InChI is InChI=1S/C22H27F3N2O6/c23-22(24,25)11-26-19(29)9-14-8-16-15-7-12(27-21(30)20(16)18(10-28)33-14)1-2-17(15)32-13-3-5-31-6-4-13/h1-2,7,13-14,16,18,20,28H,3-6,8-11H2,(H,26,29)(H,27,30)/t14-,16-,18-,20+/m0/s1. The van der Waals surface area contributed by atoms with Crippen molar-refractivity contribution < 1.29 is 42.1 Å². The van der Waals surface area contributed by atoms with Crippen LogP contribution in [0, 0.1) is 5.92 Å². The highest BCUT2D eigenvalue weighted by atomic mass is 19.4. The molecule has 2 saturated heterocycles. The van der Waals surface area contributed by atoms with Crippen LogP contribution in [-0.4, -0.2) is 67.8 Å². The predicted octanol–water partition coefficient (Wildman–Crippen LogP) is 2.11. The van der Waals surface area contributed by atoms with Gasteiger partial charge in [0.25, 0.3) is 0 Å². The van der Waals surface area contributed by atoms with E-state index in [1.807, 2.05) is 11.4 Å². The van der Waals surface area contributed by atoms with E-state index in [2.05, 4.69) is 5.32 Å². The summed E-state index contributed by atoms with van der Waals surface area (Å²) in [5, 5.41) is 14.6. The lowest BCUT2D eigenvalue weighted by molar-refractivity contribution is -0.152. The van der Waals surface area contributed by atoms with Crippen LogP contribution in [0.2, 0.25) is 0 Å². The third kappa shape index (κ3) is 5.77. The Balaban J connectivity index is 1.56. The molecule has 11 heteroatoms. The summed E-state index contributed by atoms with van der Waals surface area (Å²) in [6.07, 6.45) is -4.85. The van der Waals surface area contributed by atoms with E-state index in [9.17, 15) is 27.9 Å². The fourth-order valence-electron chi connectivity index (χ4n) is 4.74. The molecule has 3 heterocycles. The highest BCUT2D eigenvalue weighted by Crippen LogP contribution is 2.46. The first-order valence-corrected chi connectivity index (χ1v) is 11.0. The molecule has 8 nitrogen and oxygen atoms in total. The Kier molecular flexibility index (Phi) is 7.10. The number of amides is 2. The van der Waals surface area contributed by atoms with Gasteiger partial charge in [-0.05, 0) is 24.6 Å². The molecule has 1 aromatic rings. The number of carbonyl (C=O) groups is 2. The van der Waals surface area contributed by atoms with Crippen molar-refractivity contribution in [1.82, 2.24) is 5.32 Å². The van der Waals surface area contributed by atoms with Crippen molar-refractivity contribution in [2.24, 2.45) is 5.92 Å². The second-order valence-electron chi connectivity index (χ2n) is 8.61. The van der Waals surface area contributed by atoms with E-state index in [-0.39, 0.29) is 24.9 Å². The van der Waals surface area contributed by atoms with Gasteiger partial charge in [-0.3, -0.25) is 9.59 Å². The average Bonchev–Trinajstić information content (AvgIpc) is 2.88. The number of anilines is 1. The number of hydrogen-bond acceptors (Lipinski definition) is 6. The molecule has 33 heavy (non-hydrogen) atoms. The molecule has 2 fully saturated rings. The number of aliphatic hydroxyl groups excluding tert-OH is 1. The minimum atomic E-state index is -4.52. The number of benzene rings is 1. The van der Waals surface area contributed by atoms with Crippen molar-refractivity contribution in [2.75, 3.05) is 31.7 Å². The van der Waals surface area contributed by atoms with Gasteiger partial charge in [0.15, 0.2) is 0 Å². The van der Waals surface area contributed by atoms with Gasteiger partial charge in [0.05, 0.1) is 44.4 Å². The summed E-state index contributed by atoms with van der Waals surface area (Å²) in [6.45, 7) is -0.706. The van der Waals surface area contributed by atoms with E-state index in [1.165, 1.54) is 0 Å². The van der Waals surface area contributed by atoms with E-state index in [4.69, 9.17) is 14.2 Å². The Bertz CT molecular complexity index is 874. The Hall–Kier alpha value is -2.37. The average molecular weight is 472 g/mol. The first-order chi connectivity index (χ1) is 15.7. The molecule has 0 unspecified atom stereocenters. The van der Waals surface area contributed by atoms with Crippen LogP contribution in [0.25, 0.3) is 0 Å². The van der Waals surface area contributed by atoms with Crippen molar-refractivity contribution >= 4 is 17.5 Å². The third-order valence-corrected chi connectivity index (χ3v) is 6.24. The fourth-order valence-corrected chi connectivity index (χ4v) is 4.74. The van der Waals surface area contributed by atoms with Gasteiger partial charge < -0.3 is 30.0 Å². The molecule has 4 rings (SSSR count). The molecule has 1 aromatic carbocycles. The molecular weight excluding hydrogens is 445 g/mol. The molecule has 0 radical (unpaired) electrons. The minimum absolute atomic E-state index is 0.0383. The number of alkyl halides is 3. The van der Waals surface area contributed by atoms with Gasteiger partial charge in [-0.25, -0.2) is 0 Å². The molecule has 0 spiro atoms. The predicted molar refractivity (Wildman–Crippen MR) is 110 cm³/mol. The summed E-state index contributed by atoms with van der Waals surface area (Å²) >= 11 is 0. The summed E-state index contributed by atoms with van der Waals surface area (Å²) in [4.78, 5) is 25.0. The lowest BCUT2D eigenvalue weighted by atomic mass is 9.76. The first-order valence-electron chi connectivity index (χ1n) is 11.0. The second-order valence-corrected chi connectivity index (χ2v) is 8.61. The Morgan fingerprint density at radius 1 is 1.27 bits per heavy atom. The summed E-state index contributed by atoms with van der Waals surface area (Å²) in [5.41, 5.74) is 1.34. The molecule has 3 aliphatic heterocycles. The molecule has 3 aliphatic rings. The smallest absolute Gasteiger partial charge is 0.405 e. The van der Waals surface area contributed by atoms with Crippen LogP contribution >= 0.6 is 0 Å². The normalized spacial score (nSPS) is 27.8. The van der Waals surface area contributed by atoms with Gasteiger partial charge in [-0.2, -0.15) is 13.2 Å². The number of aliphatic hydroxyl groups is 1. The van der Waals surface area contributed by atoms with Crippen molar-refractivity contribution in [3.05, 3.63) is 23.8 Å². The molecule has 2 bridgehead atoms. The van der Waals surface area contributed by atoms with E-state index in [0.29, 0.717) is 24.7 Å². The number of rotatable bonds is 6. The van der Waals surface area contributed by atoms with Gasteiger partial charge >= 0.3 is 6.18 Å². The van der Waals surface area contributed by atoms with E-state index in [0.717, 1.165) is 18.4 Å². The van der Waals surface area contributed by atoms with Crippen LogP contribution in [0.4, 0.5) is 18.9 Å². The lowest BCUT2D eigenvalue weighted by Crippen LogP contribution is -2.48. The largest absolute Gasteiger partial charge is 0.490 e. The number of nitrogens with one attached hydrogen (secondary N) is 2. The number of fused-ring (bicyclic) bond motifs is 4. The summed E-state index contributed by atoms with van der Waals surface area (Å²) in [7, 11) is 0. The summed E-state index contributed by atoms with van der Waals surface area (Å²) in [5.74, 6) is -1.69. The molecule has 0 aromatic heterocycles. The van der Waals surface area contributed by atoms with Gasteiger partial charge in [0, 0.05) is 30.0 Å². The highest BCUT2D eigenvalue weighted by molar-refractivity contribution is 5.95. The molecule has 182 valence electrons. The maximum absolute atomic E-state index is 12.9. The van der Waals surface area contributed by atoms with Crippen molar-refractivity contribution in [3.8, 4) is 5.75 Å². The summed E-state index contributed by atoms with van der Waals surface area (Å²) in [6, 6.07) is 5.35. The van der Waals surface area contributed by atoms with Crippen LogP contribution in [0.15, 0.2) is 18.2 Å². The topological polar surface area (TPSA) is 106 Å². The van der Waals surface area contributed by atoms with Crippen LogP contribution < -0.4 is 15.4 Å².